The van der Waals surface area contributed by atoms with Crippen LogP contribution in [0.1, 0.15) is 13.8 Å². The van der Waals surface area contributed by atoms with Crippen LogP contribution in [-0.2, 0) is 9.84 Å². The van der Waals surface area contributed by atoms with Gasteiger partial charge in [-0.25, -0.2) is 8.42 Å². The van der Waals surface area contributed by atoms with Crippen LogP contribution in [0.3, 0.4) is 0 Å². The first kappa shape index (κ1) is 14.0. The molecule has 0 saturated heterocycles. The first-order valence-corrected chi connectivity index (χ1v) is 7.41. The van der Waals surface area contributed by atoms with Crippen LogP contribution in [0.4, 0.5) is 0 Å². The van der Waals surface area contributed by atoms with E-state index in [2.05, 4.69) is 5.32 Å². The van der Waals surface area contributed by atoms with E-state index in [1.807, 2.05) is 6.92 Å². The molecule has 0 bridgehead atoms. The minimum Gasteiger partial charge on any atom is -0.492 e. The molecule has 96 valence electrons. The van der Waals surface area contributed by atoms with Gasteiger partial charge in [-0.1, -0.05) is 13.8 Å². The molecule has 0 fully saturated rings. The molecule has 17 heavy (non-hydrogen) atoms. The lowest BCUT2D eigenvalue weighted by Gasteiger charge is -2.07. The van der Waals surface area contributed by atoms with Crippen molar-refractivity contribution >= 4 is 9.84 Å². The predicted molar refractivity (Wildman–Crippen MR) is 68.2 cm³/mol. The molecule has 1 N–H and O–H groups in total. The van der Waals surface area contributed by atoms with Gasteiger partial charge in [0.15, 0.2) is 9.84 Å². The maximum absolute atomic E-state index is 11.6. The van der Waals surface area contributed by atoms with Gasteiger partial charge in [0.1, 0.15) is 12.4 Å². The van der Waals surface area contributed by atoms with Crippen molar-refractivity contribution in [1.29, 1.82) is 0 Å². The predicted octanol–water partition coefficient (Wildman–Crippen LogP) is 1.47. The summed E-state index contributed by atoms with van der Waals surface area (Å²) in [5.74, 6) is 0.811. The highest BCUT2D eigenvalue weighted by Gasteiger charge is 2.10. The zero-order chi connectivity index (χ0) is 12.7. The molecule has 0 saturated carbocycles. The lowest BCUT2D eigenvalue weighted by molar-refractivity contribution is 0.315. The largest absolute Gasteiger partial charge is 0.492 e. The summed E-state index contributed by atoms with van der Waals surface area (Å²) >= 11 is 0. The molecule has 0 heterocycles. The van der Waals surface area contributed by atoms with Gasteiger partial charge in [-0.3, -0.25) is 0 Å². The van der Waals surface area contributed by atoms with Gasteiger partial charge in [-0.15, -0.1) is 0 Å². The molecule has 0 unspecified atom stereocenters. The summed E-state index contributed by atoms with van der Waals surface area (Å²) in [6.45, 7) is 5.94. The van der Waals surface area contributed by atoms with Crippen LogP contribution in [-0.4, -0.2) is 33.9 Å². The van der Waals surface area contributed by atoms with Crippen molar-refractivity contribution in [1.82, 2.24) is 5.32 Å². The van der Waals surface area contributed by atoms with E-state index < -0.39 is 9.84 Å². The van der Waals surface area contributed by atoms with E-state index in [4.69, 9.17) is 4.74 Å². The highest BCUT2D eigenvalue weighted by Crippen LogP contribution is 2.16. The Hall–Kier alpha value is -1.07. The van der Waals surface area contributed by atoms with Crippen LogP contribution in [0.2, 0.25) is 0 Å². The third-order valence-electron chi connectivity index (χ3n) is 2.36. The number of benzene rings is 1. The average Bonchev–Trinajstić information content (AvgIpc) is 2.35. The third-order valence-corrected chi connectivity index (χ3v) is 4.11. The first-order valence-electron chi connectivity index (χ1n) is 5.76. The third kappa shape index (κ3) is 4.36. The van der Waals surface area contributed by atoms with Crippen LogP contribution in [0, 0.1) is 0 Å². The second kappa shape index (κ2) is 6.61. The van der Waals surface area contributed by atoms with E-state index in [-0.39, 0.29) is 5.75 Å². The molecule has 4 nitrogen and oxygen atoms in total. The van der Waals surface area contributed by atoms with Gasteiger partial charge in [0.25, 0.3) is 0 Å². The molecule has 1 aromatic carbocycles. The maximum atomic E-state index is 11.6. The number of hydrogen-bond donors (Lipinski definition) is 1. The topological polar surface area (TPSA) is 55.4 Å². The second-order valence-corrected chi connectivity index (χ2v) is 5.86. The van der Waals surface area contributed by atoms with Crippen LogP contribution >= 0.6 is 0 Å². The standard InChI is InChI=1S/C12H19NO3S/c1-3-13-9-10-16-11-5-7-12(8-6-11)17(14,15)4-2/h5-8,13H,3-4,9-10H2,1-2H3. The van der Waals surface area contributed by atoms with Crippen molar-refractivity contribution in [2.45, 2.75) is 18.7 Å². The van der Waals surface area contributed by atoms with E-state index >= 15 is 0 Å². The van der Waals surface area contributed by atoms with Gasteiger partial charge < -0.3 is 10.1 Å². The summed E-state index contributed by atoms with van der Waals surface area (Å²) in [4.78, 5) is 0.346. The Morgan fingerprint density at radius 2 is 1.82 bits per heavy atom. The molecule has 1 rings (SSSR count). The number of sulfone groups is 1. The first-order chi connectivity index (χ1) is 8.10. The molecule has 5 heteroatoms. The summed E-state index contributed by atoms with van der Waals surface area (Å²) in [6, 6.07) is 6.55. The lowest BCUT2D eigenvalue weighted by atomic mass is 10.3. The molecule has 0 atom stereocenters. The van der Waals surface area contributed by atoms with Crippen molar-refractivity contribution in [2.75, 3.05) is 25.4 Å². The number of hydrogen-bond acceptors (Lipinski definition) is 4. The summed E-state index contributed by atoms with van der Waals surface area (Å²) < 4.78 is 28.6. The van der Waals surface area contributed by atoms with Gasteiger partial charge in [0, 0.05) is 6.54 Å². The highest BCUT2D eigenvalue weighted by molar-refractivity contribution is 7.91. The van der Waals surface area contributed by atoms with Crippen molar-refractivity contribution in [2.24, 2.45) is 0 Å². The van der Waals surface area contributed by atoms with Crippen molar-refractivity contribution < 1.29 is 13.2 Å². The molecule has 0 aliphatic carbocycles. The fourth-order valence-corrected chi connectivity index (χ4v) is 2.21. The molecule has 1 aromatic rings. The summed E-state index contributed by atoms with van der Waals surface area (Å²) in [6.07, 6.45) is 0. The lowest BCUT2D eigenvalue weighted by Crippen LogP contribution is -2.20. The maximum Gasteiger partial charge on any atom is 0.178 e. The van der Waals surface area contributed by atoms with E-state index in [0.29, 0.717) is 17.3 Å². The quantitative estimate of drug-likeness (QED) is 0.752. The SMILES string of the molecule is CCNCCOc1ccc(S(=O)(=O)CC)cc1. The van der Waals surface area contributed by atoms with Crippen LogP contribution in [0.5, 0.6) is 5.75 Å². The van der Waals surface area contributed by atoms with Crippen molar-refractivity contribution in [3.63, 3.8) is 0 Å². The van der Waals surface area contributed by atoms with Crippen LogP contribution < -0.4 is 10.1 Å². The Morgan fingerprint density at radius 1 is 1.18 bits per heavy atom. The van der Waals surface area contributed by atoms with E-state index in [1.165, 1.54) is 0 Å². The summed E-state index contributed by atoms with van der Waals surface area (Å²) in [5, 5.41) is 3.14. The summed E-state index contributed by atoms with van der Waals surface area (Å²) in [7, 11) is -3.11. The second-order valence-electron chi connectivity index (χ2n) is 3.58. The van der Waals surface area contributed by atoms with E-state index in [1.54, 1.807) is 31.2 Å². The number of rotatable bonds is 7. The Kier molecular flexibility index (Phi) is 5.44. The molecular weight excluding hydrogens is 238 g/mol. The summed E-state index contributed by atoms with van der Waals surface area (Å²) in [5.41, 5.74) is 0. The van der Waals surface area contributed by atoms with E-state index in [9.17, 15) is 8.42 Å². The molecule has 0 spiro atoms. The average molecular weight is 257 g/mol. The fraction of sp³-hybridized carbons (Fsp3) is 0.500. The zero-order valence-electron chi connectivity index (χ0n) is 10.3. The monoisotopic (exact) mass is 257 g/mol. The van der Waals surface area contributed by atoms with Crippen molar-refractivity contribution in [3.05, 3.63) is 24.3 Å². The molecule has 0 radical (unpaired) electrons. The Labute approximate surface area is 103 Å². The van der Waals surface area contributed by atoms with E-state index in [0.717, 1.165) is 13.1 Å². The number of likely N-dealkylation sites (N-methyl/N-ethyl adjacent to an activating group) is 1. The van der Waals surface area contributed by atoms with Gasteiger partial charge in [-0.2, -0.15) is 0 Å². The van der Waals surface area contributed by atoms with Gasteiger partial charge in [0.05, 0.1) is 10.6 Å². The normalized spacial score (nSPS) is 11.4. The van der Waals surface area contributed by atoms with Crippen molar-refractivity contribution in [3.8, 4) is 5.75 Å². The Balaban J connectivity index is 2.57. The Morgan fingerprint density at radius 3 is 2.35 bits per heavy atom. The highest BCUT2D eigenvalue weighted by atomic mass is 32.2. The minimum absolute atomic E-state index is 0.119. The Bertz CT molecular complexity index is 426. The number of ether oxygens (including phenoxy) is 1. The number of nitrogens with one attached hydrogen (secondary N) is 1. The fourth-order valence-electron chi connectivity index (χ4n) is 1.33. The van der Waals surface area contributed by atoms with Gasteiger partial charge in [-0.05, 0) is 30.8 Å². The zero-order valence-corrected chi connectivity index (χ0v) is 11.1. The molecular formula is C12H19NO3S. The van der Waals surface area contributed by atoms with Gasteiger partial charge >= 0.3 is 0 Å². The smallest absolute Gasteiger partial charge is 0.178 e. The van der Waals surface area contributed by atoms with Gasteiger partial charge in [0.2, 0.25) is 0 Å². The molecule has 0 aromatic heterocycles. The molecule has 0 aliphatic heterocycles. The van der Waals surface area contributed by atoms with Crippen LogP contribution in [0.25, 0.3) is 0 Å². The minimum atomic E-state index is -3.11. The van der Waals surface area contributed by atoms with Crippen LogP contribution in [0.15, 0.2) is 29.2 Å². The molecule has 0 amide bonds. The molecule has 0 aliphatic rings.